The molecule has 0 saturated heterocycles. The standard InChI is InChI=1S/C22H40N2O9/c1-23(2,3)12-17(28)19(21(30)31)15(26)10-8-7-9-14(25)11-16(27)20(22(32)33)18(29)13-24(4,5)6/h14,17-20,25,28-29H,7-13H2,1-6H3/p+2. The topological polar surface area (TPSA) is 169 Å². The Hall–Kier alpha value is -1.92. The van der Waals surface area contributed by atoms with Crippen LogP contribution in [0.2, 0.25) is 0 Å². The second-order valence-corrected chi connectivity index (χ2v) is 10.7. The number of hydrogen-bond donors (Lipinski definition) is 5. The third-order valence-corrected chi connectivity index (χ3v) is 5.11. The van der Waals surface area contributed by atoms with Crippen LogP contribution in [0, 0.1) is 11.8 Å². The van der Waals surface area contributed by atoms with Crippen molar-refractivity contribution in [2.24, 2.45) is 11.8 Å². The fraction of sp³-hybridized carbons (Fsp3) is 0.818. The van der Waals surface area contributed by atoms with Crippen molar-refractivity contribution in [2.75, 3.05) is 55.4 Å². The van der Waals surface area contributed by atoms with Crippen molar-refractivity contribution in [2.45, 2.75) is 50.4 Å². The van der Waals surface area contributed by atoms with Gasteiger partial charge >= 0.3 is 11.9 Å². The average molecular weight is 479 g/mol. The number of aliphatic carboxylic acids is 2. The summed E-state index contributed by atoms with van der Waals surface area (Å²) < 4.78 is 0.550. The Morgan fingerprint density at radius 3 is 1.42 bits per heavy atom. The lowest BCUT2D eigenvalue weighted by molar-refractivity contribution is -0.873. The summed E-state index contributed by atoms with van der Waals surface area (Å²) in [5.74, 6) is -7.40. The number of rotatable bonds is 17. The zero-order valence-electron chi connectivity index (χ0n) is 20.6. The molecular formula is C22H42N2O9+2. The molecule has 0 aliphatic rings. The van der Waals surface area contributed by atoms with Crippen LogP contribution in [0.15, 0.2) is 0 Å². The summed E-state index contributed by atoms with van der Waals surface area (Å²) in [4.78, 5) is 47.6. The molecule has 0 radical (unpaired) electrons. The molecule has 0 aromatic carbocycles. The maximum Gasteiger partial charge on any atom is 0.316 e. The average Bonchev–Trinajstić information content (AvgIpc) is 2.54. The van der Waals surface area contributed by atoms with Gasteiger partial charge < -0.3 is 34.5 Å². The molecule has 0 aromatic heterocycles. The first-order chi connectivity index (χ1) is 14.9. The maximum absolute atomic E-state index is 12.4. The van der Waals surface area contributed by atoms with E-state index in [4.69, 9.17) is 0 Å². The summed E-state index contributed by atoms with van der Waals surface area (Å²) in [6.45, 7) is 0.139. The van der Waals surface area contributed by atoms with Crippen LogP contribution in [-0.4, -0.2) is 132 Å². The number of nitrogens with zero attached hydrogens (tertiary/aromatic N) is 2. The molecule has 0 aliphatic carbocycles. The number of ketones is 2. The van der Waals surface area contributed by atoms with E-state index >= 15 is 0 Å². The van der Waals surface area contributed by atoms with Gasteiger partial charge in [-0.05, 0) is 12.8 Å². The molecule has 0 heterocycles. The van der Waals surface area contributed by atoms with E-state index in [0.717, 1.165) is 0 Å². The van der Waals surface area contributed by atoms with Crippen molar-refractivity contribution < 1.29 is 53.7 Å². The number of carboxylic acid groups (broad SMARTS) is 2. The van der Waals surface area contributed by atoms with E-state index in [9.17, 15) is 44.7 Å². The van der Waals surface area contributed by atoms with Crippen LogP contribution < -0.4 is 0 Å². The minimum Gasteiger partial charge on any atom is -0.481 e. The van der Waals surface area contributed by atoms with Crippen molar-refractivity contribution in [1.82, 2.24) is 0 Å². The minimum atomic E-state index is -1.64. The van der Waals surface area contributed by atoms with Gasteiger partial charge in [-0.3, -0.25) is 19.2 Å². The molecule has 11 heteroatoms. The highest BCUT2D eigenvalue weighted by molar-refractivity contribution is 5.99. The molecule has 5 atom stereocenters. The molecule has 0 aliphatic heterocycles. The van der Waals surface area contributed by atoms with Crippen LogP contribution in [0.4, 0.5) is 0 Å². The number of carbonyl (C=O) groups is 4. The van der Waals surface area contributed by atoms with Gasteiger partial charge in [-0.15, -0.1) is 0 Å². The predicted octanol–water partition coefficient (Wildman–Crippen LogP) is -1.03. The molecule has 5 unspecified atom stereocenters. The lowest BCUT2D eigenvalue weighted by Crippen LogP contribution is -2.48. The van der Waals surface area contributed by atoms with Crippen LogP contribution in [0.25, 0.3) is 0 Å². The Kier molecular flexibility index (Phi) is 12.3. The lowest BCUT2D eigenvalue weighted by Gasteiger charge is -2.29. The molecular weight excluding hydrogens is 436 g/mol. The number of carbonyl (C=O) groups excluding carboxylic acids is 2. The SMILES string of the molecule is C[N+](C)(C)CC(O)C(C(=O)O)C(=O)CCCCC(O)CC(=O)C(C(=O)O)C(O)C[N+](C)(C)C. The van der Waals surface area contributed by atoms with Gasteiger partial charge in [0.15, 0.2) is 5.78 Å². The quantitative estimate of drug-likeness (QED) is 0.0996. The first kappa shape index (κ1) is 31.1. The fourth-order valence-electron chi connectivity index (χ4n) is 3.66. The fourth-order valence-corrected chi connectivity index (χ4v) is 3.66. The van der Waals surface area contributed by atoms with Gasteiger partial charge in [0.25, 0.3) is 0 Å². The Balaban J connectivity index is 4.71. The van der Waals surface area contributed by atoms with E-state index in [2.05, 4.69) is 0 Å². The summed E-state index contributed by atoms with van der Waals surface area (Å²) in [6, 6.07) is 0. The summed E-state index contributed by atoms with van der Waals surface area (Å²) in [5.41, 5.74) is 0. The molecule has 192 valence electrons. The van der Waals surface area contributed by atoms with Crippen molar-refractivity contribution in [1.29, 1.82) is 0 Å². The van der Waals surface area contributed by atoms with Crippen molar-refractivity contribution in [3.63, 3.8) is 0 Å². The second-order valence-electron chi connectivity index (χ2n) is 10.7. The third kappa shape index (κ3) is 12.8. The highest BCUT2D eigenvalue weighted by Gasteiger charge is 2.38. The van der Waals surface area contributed by atoms with Gasteiger partial charge in [-0.1, -0.05) is 6.42 Å². The normalized spacial score (nSPS) is 17.0. The molecule has 0 saturated carbocycles. The second kappa shape index (κ2) is 13.1. The molecule has 5 N–H and O–H groups in total. The Bertz CT molecular complexity index is 682. The summed E-state index contributed by atoms with van der Waals surface area (Å²) in [5, 5.41) is 49.1. The minimum absolute atomic E-state index is 0.0472. The number of likely N-dealkylation sites (N-methyl/N-ethyl adjacent to an activating group) is 2. The van der Waals surface area contributed by atoms with E-state index in [0.29, 0.717) is 10.9 Å². The summed E-state index contributed by atoms with van der Waals surface area (Å²) >= 11 is 0. The summed E-state index contributed by atoms with van der Waals surface area (Å²) in [7, 11) is 10.6. The van der Waals surface area contributed by atoms with Crippen LogP contribution in [-0.2, 0) is 19.2 Å². The molecule has 0 amide bonds. The Labute approximate surface area is 195 Å². The molecule has 0 spiro atoms. The van der Waals surface area contributed by atoms with Crippen LogP contribution in [0.5, 0.6) is 0 Å². The number of hydrogen-bond acceptors (Lipinski definition) is 7. The monoisotopic (exact) mass is 478 g/mol. The predicted molar refractivity (Wildman–Crippen MR) is 119 cm³/mol. The van der Waals surface area contributed by atoms with Crippen LogP contribution in [0.1, 0.15) is 32.1 Å². The van der Waals surface area contributed by atoms with E-state index < -0.39 is 60.1 Å². The molecule has 0 bridgehead atoms. The van der Waals surface area contributed by atoms with E-state index in [-0.39, 0.29) is 36.8 Å². The number of Topliss-reactive ketones (excluding diaryl/α,β-unsaturated/α-hetero) is 2. The van der Waals surface area contributed by atoms with Gasteiger partial charge in [-0.25, -0.2) is 0 Å². The van der Waals surface area contributed by atoms with Crippen molar-refractivity contribution >= 4 is 23.5 Å². The van der Waals surface area contributed by atoms with Crippen LogP contribution in [0.3, 0.4) is 0 Å². The first-order valence-electron chi connectivity index (χ1n) is 11.0. The molecule has 0 rings (SSSR count). The zero-order chi connectivity index (χ0) is 26.1. The number of carboxylic acids is 2. The number of quaternary nitrogens is 2. The van der Waals surface area contributed by atoms with Gasteiger partial charge in [0, 0.05) is 12.8 Å². The van der Waals surface area contributed by atoms with E-state index in [1.807, 2.05) is 0 Å². The van der Waals surface area contributed by atoms with Crippen molar-refractivity contribution in [3.05, 3.63) is 0 Å². The van der Waals surface area contributed by atoms with Gasteiger partial charge in [0.05, 0.1) is 48.4 Å². The largest absolute Gasteiger partial charge is 0.481 e. The zero-order valence-corrected chi connectivity index (χ0v) is 20.6. The molecule has 33 heavy (non-hydrogen) atoms. The van der Waals surface area contributed by atoms with Crippen LogP contribution >= 0.6 is 0 Å². The molecule has 0 fully saturated rings. The van der Waals surface area contributed by atoms with E-state index in [1.165, 1.54) is 0 Å². The van der Waals surface area contributed by atoms with E-state index in [1.54, 1.807) is 42.3 Å². The Morgan fingerprint density at radius 2 is 1.06 bits per heavy atom. The summed E-state index contributed by atoms with van der Waals surface area (Å²) in [6.07, 6.45) is -3.77. The lowest BCUT2D eigenvalue weighted by atomic mass is 9.91. The highest BCUT2D eigenvalue weighted by atomic mass is 16.4. The highest BCUT2D eigenvalue weighted by Crippen LogP contribution is 2.17. The molecule has 0 aromatic rings. The van der Waals surface area contributed by atoms with Crippen molar-refractivity contribution in [3.8, 4) is 0 Å². The maximum atomic E-state index is 12.4. The first-order valence-corrected chi connectivity index (χ1v) is 11.0. The third-order valence-electron chi connectivity index (χ3n) is 5.11. The number of aliphatic hydroxyl groups is 3. The van der Waals surface area contributed by atoms with Gasteiger partial charge in [0.2, 0.25) is 0 Å². The van der Waals surface area contributed by atoms with Gasteiger partial charge in [-0.2, -0.15) is 0 Å². The number of aliphatic hydroxyl groups excluding tert-OH is 3. The number of unbranched alkanes of at least 4 members (excludes halogenated alkanes) is 1. The smallest absolute Gasteiger partial charge is 0.316 e. The molecule has 11 nitrogen and oxygen atoms in total. The van der Waals surface area contributed by atoms with Gasteiger partial charge in [0.1, 0.15) is 42.9 Å². The Morgan fingerprint density at radius 1 is 0.667 bits per heavy atom.